The largest absolute Gasteiger partial charge is 0.353 e. The summed E-state index contributed by atoms with van der Waals surface area (Å²) in [5.41, 5.74) is 0.671. The van der Waals surface area contributed by atoms with Crippen LogP contribution in [0.15, 0.2) is 30.5 Å². The van der Waals surface area contributed by atoms with Crippen LogP contribution in [0.25, 0.3) is 0 Å². The molecule has 70 valence electrons. The Kier molecular flexibility index (Phi) is 2.46. The van der Waals surface area contributed by atoms with Crippen molar-refractivity contribution < 1.29 is 0 Å². The highest BCUT2D eigenvalue weighted by Crippen LogP contribution is 2.14. The van der Waals surface area contributed by atoms with E-state index in [0.717, 1.165) is 25.3 Å². The summed E-state index contributed by atoms with van der Waals surface area (Å²) in [6, 6.07) is 5.68. The highest BCUT2D eigenvalue weighted by atomic mass is 15.2. The van der Waals surface area contributed by atoms with Crippen molar-refractivity contribution >= 4 is 5.82 Å². The van der Waals surface area contributed by atoms with Crippen LogP contribution in [0.3, 0.4) is 0 Å². The van der Waals surface area contributed by atoms with Gasteiger partial charge >= 0.3 is 0 Å². The second-order valence-corrected chi connectivity index (χ2v) is 3.22. The maximum absolute atomic E-state index is 8.75. The zero-order valence-electron chi connectivity index (χ0n) is 7.85. The van der Waals surface area contributed by atoms with E-state index >= 15 is 0 Å². The van der Waals surface area contributed by atoms with E-state index < -0.39 is 0 Å². The Labute approximate surface area is 83.3 Å². The minimum Gasteiger partial charge on any atom is -0.353 e. The molecule has 0 aromatic carbocycles. The van der Waals surface area contributed by atoms with Crippen molar-refractivity contribution in [3.63, 3.8) is 0 Å². The van der Waals surface area contributed by atoms with Crippen LogP contribution in [0.1, 0.15) is 12.0 Å². The molecule has 2 heterocycles. The molecule has 14 heavy (non-hydrogen) atoms. The normalized spacial score (nSPS) is 15.2. The maximum atomic E-state index is 8.75. The van der Waals surface area contributed by atoms with Gasteiger partial charge in [-0.2, -0.15) is 5.26 Å². The van der Waals surface area contributed by atoms with Crippen LogP contribution in [0.5, 0.6) is 0 Å². The first-order chi connectivity index (χ1) is 6.90. The minimum atomic E-state index is 0.671. The molecule has 0 bridgehead atoms. The molecule has 0 atom stereocenters. The minimum absolute atomic E-state index is 0.671. The lowest BCUT2D eigenvalue weighted by atomic mass is 10.2. The van der Waals surface area contributed by atoms with Gasteiger partial charge in [-0.15, -0.1) is 0 Å². The van der Waals surface area contributed by atoms with Gasteiger partial charge in [0.05, 0.1) is 11.6 Å². The molecule has 3 heteroatoms. The second kappa shape index (κ2) is 3.93. The second-order valence-electron chi connectivity index (χ2n) is 3.22. The van der Waals surface area contributed by atoms with Crippen molar-refractivity contribution in [2.45, 2.75) is 6.42 Å². The molecule has 1 aliphatic rings. The standard InChI is InChI=1S/C11H11N3/c12-9-10-4-5-13-11(8-10)14-6-2-1-3-7-14/h1-2,4-5,8H,3,6-7H2. The predicted molar refractivity (Wildman–Crippen MR) is 54.9 cm³/mol. The van der Waals surface area contributed by atoms with Gasteiger partial charge in [-0.05, 0) is 18.6 Å². The number of hydrogen-bond acceptors (Lipinski definition) is 3. The zero-order valence-corrected chi connectivity index (χ0v) is 7.85. The van der Waals surface area contributed by atoms with Crippen LogP contribution in [0.2, 0.25) is 0 Å². The third kappa shape index (κ3) is 1.74. The fourth-order valence-electron chi connectivity index (χ4n) is 1.51. The molecule has 3 nitrogen and oxygen atoms in total. The first kappa shape index (κ1) is 8.76. The van der Waals surface area contributed by atoms with E-state index in [2.05, 4.69) is 28.1 Å². The average Bonchev–Trinajstić information content (AvgIpc) is 2.30. The van der Waals surface area contributed by atoms with Crippen LogP contribution in [0, 0.1) is 11.3 Å². The summed E-state index contributed by atoms with van der Waals surface area (Å²) in [6.45, 7) is 1.88. The zero-order chi connectivity index (χ0) is 9.80. The van der Waals surface area contributed by atoms with E-state index in [0.29, 0.717) is 5.56 Å². The van der Waals surface area contributed by atoms with Crippen molar-refractivity contribution in [3.05, 3.63) is 36.0 Å². The van der Waals surface area contributed by atoms with Gasteiger partial charge < -0.3 is 4.90 Å². The molecule has 0 fully saturated rings. The Morgan fingerprint density at radius 1 is 1.43 bits per heavy atom. The summed E-state index contributed by atoms with van der Waals surface area (Å²) in [6.07, 6.45) is 7.04. The van der Waals surface area contributed by atoms with Gasteiger partial charge in [-0.1, -0.05) is 12.2 Å². The Bertz CT molecular complexity index is 390. The lowest BCUT2D eigenvalue weighted by Crippen LogP contribution is -2.27. The number of rotatable bonds is 1. The van der Waals surface area contributed by atoms with Gasteiger partial charge in [0.2, 0.25) is 0 Å². The van der Waals surface area contributed by atoms with E-state index in [9.17, 15) is 0 Å². The van der Waals surface area contributed by atoms with E-state index in [-0.39, 0.29) is 0 Å². The molecule has 0 N–H and O–H groups in total. The Hall–Kier alpha value is -1.82. The van der Waals surface area contributed by atoms with Crippen molar-refractivity contribution in [3.8, 4) is 6.07 Å². The number of nitrogens with zero attached hydrogens (tertiary/aromatic N) is 3. The Morgan fingerprint density at radius 3 is 3.07 bits per heavy atom. The molecule has 0 aliphatic carbocycles. The molecular weight excluding hydrogens is 174 g/mol. The highest BCUT2D eigenvalue weighted by molar-refractivity contribution is 5.45. The van der Waals surface area contributed by atoms with Gasteiger partial charge in [-0.25, -0.2) is 4.98 Å². The Morgan fingerprint density at radius 2 is 2.36 bits per heavy atom. The molecule has 1 aromatic rings. The maximum Gasteiger partial charge on any atom is 0.130 e. The number of hydrogen-bond donors (Lipinski definition) is 0. The topological polar surface area (TPSA) is 39.9 Å². The molecule has 0 saturated heterocycles. The van der Waals surface area contributed by atoms with Crippen LogP contribution in [-0.4, -0.2) is 18.1 Å². The van der Waals surface area contributed by atoms with Gasteiger partial charge in [0.25, 0.3) is 0 Å². The number of nitriles is 1. The summed E-state index contributed by atoms with van der Waals surface area (Å²) in [5.74, 6) is 0.897. The molecule has 0 spiro atoms. The van der Waals surface area contributed by atoms with Crippen LogP contribution in [0.4, 0.5) is 5.82 Å². The number of aromatic nitrogens is 1. The number of pyridine rings is 1. The van der Waals surface area contributed by atoms with Gasteiger partial charge in [-0.3, -0.25) is 0 Å². The summed E-state index contributed by atoms with van der Waals surface area (Å²) in [5, 5.41) is 8.75. The first-order valence-corrected chi connectivity index (χ1v) is 4.66. The monoisotopic (exact) mass is 185 g/mol. The summed E-state index contributed by atoms with van der Waals surface area (Å²) in [4.78, 5) is 6.42. The lowest BCUT2D eigenvalue weighted by molar-refractivity contribution is 0.805. The average molecular weight is 185 g/mol. The molecular formula is C11H11N3. The third-order valence-electron chi connectivity index (χ3n) is 2.26. The molecule has 2 rings (SSSR count). The van der Waals surface area contributed by atoms with Crippen LogP contribution in [-0.2, 0) is 0 Å². The van der Waals surface area contributed by atoms with Gasteiger partial charge in [0, 0.05) is 19.3 Å². The van der Waals surface area contributed by atoms with Crippen molar-refractivity contribution in [2.75, 3.05) is 18.0 Å². The smallest absolute Gasteiger partial charge is 0.130 e. The quantitative estimate of drug-likeness (QED) is 0.625. The molecule has 0 unspecified atom stereocenters. The summed E-state index contributed by atoms with van der Waals surface area (Å²) >= 11 is 0. The van der Waals surface area contributed by atoms with Crippen LogP contribution < -0.4 is 4.90 Å². The van der Waals surface area contributed by atoms with Crippen molar-refractivity contribution in [1.82, 2.24) is 4.98 Å². The molecule has 0 radical (unpaired) electrons. The molecule has 1 aromatic heterocycles. The summed E-state index contributed by atoms with van der Waals surface area (Å²) in [7, 11) is 0. The van der Waals surface area contributed by atoms with E-state index in [1.54, 1.807) is 12.3 Å². The number of anilines is 1. The fourth-order valence-corrected chi connectivity index (χ4v) is 1.51. The van der Waals surface area contributed by atoms with Crippen molar-refractivity contribution in [2.24, 2.45) is 0 Å². The van der Waals surface area contributed by atoms with Crippen LogP contribution >= 0.6 is 0 Å². The van der Waals surface area contributed by atoms with Crippen molar-refractivity contribution in [1.29, 1.82) is 5.26 Å². The highest BCUT2D eigenvalue weighted by Gasteiger charge is 2.08. The predicted octanol–water partition coefficient (Wildman–Crippen LogP) is 1.72. The summed E-state index contributed by atoms with van der Waals surface area (Å²) < 4.78 is 0. The molecule has 1 aliphatic heterocycles. The Balaban J connectivity index is 2.23. The van der Waals surface area contributed by atoms with Gasteiger partial charge in [0.1, 0.15) is 5.82 Å². The lowest BCUT2D eigenvalue weighted by Gasteiger charge is -2.24. The molecule has 0 amide bonds. The third-order valence-corrected chi connectivity index (χ3v) is 2.26. The fraction of sp³-hybridized carbons (Fsp3) is 0.273. The van der Waals surface area contributed by atoms with Gasteiger partial charge in [0.15, 0.2) is 0 Å². The van der Waals surface area contributed by atoms with E-state index in [1.165, 1.54) is 0 Å². The first-order valence-electron chi connectivity index (χ1n) is 4.66. The SMILES string of the molecule is N#Cc1ccnc(N2CC=CCC2)c1. The molecule has 0 saturated carbocycles. The van der Waals surface area contributed by atoms with E-state index in [4.69, 9.17) is 5.26 Å². The van der Waals surface area contributed by atoms with E-state index in [1.807, 2.05) is 6.07 Å².